The molecule has 0 aliphatic rings. The molecule has 368 valence electrons. The van der Waals surface area contributed by atoms with Gasteiger partial charge in [-0.15, -0.1) is 0 Å². The number of likely N-dealkylation sites (N-methyl/N-ethyl adjacent to an activating group) is 1. The number of carbonyl (C=O) groups is 4. The van der Waals surface area contributed by atoms with E-state index in [1.54, 1.807) is 64.4 Å². The van der Waals surface area contributed by atoms with Gasteiger partial charge in [-0.3, -0.25) is 14.5 Å². The second kappa shape index (κ2) is 24.9. The molecule has 0 saturated heterocycles. The Morgan fingerprint density at radius 1 is 0.686 bits per heavy atom. The summed E-state index contributed by atoms with van der Waals surface area (Å²) < 4.78 is 5.35. The smallest absolute Gasteiger partial charge is 0.410 e. The minimum Gasteiger partial charge on any atom is -0.477 e. The Labute approximate surface area is 406 Å². The van der Waals surface area contributed by atoms with E-state index in [-0.39, 0.29) is 26.0 Å². The van der Waals surface area contributed by atoms with Gasteiger partial charge in [0.25, 0.3) is 5.91 Å². The van der Waals surface area contributed by atoms with E-state index in [4.69, 9.17) is 4.74 Å². The van der Waals surface area contributed by atoms with Crippen molar-refractivity contribution in [2.45, 2.75) is 80.9 Å². The van der Waals surface area contributed by atoms with Crippen LogP contribution >= 0.6 is 0 Å². The van der Waals surface area contributed by atoms with Crippen LogP contribution < -0.4 is 31.9 Å². The minimum absolute atomic E-state index is 0. The predicted molar refractivity (Wildman–Crippen MR) is 274 cm³/mol. The lowest BCUT2D eigenvalue weighted by atomic mass is 10.2. The van der Waals surface area contributed by atoms with Crippen LogP contribution in [0.4, 0.5) is 51.1 Å². The Bertz CT molecular complexity index is 2910. The number of aromatic carboxylic acids is 1. The molecule has 0 radical (unpaired) electrons. The van der Waals surface area contributed by atoms with E-state index in [0.717, 1.165) is 46.0 Å². The number of rotatable bonds is 16. The molecular formula is C49H61N15O6. The molecule has 1 atom stereocenters. The SMILES string of the molecule is C.C.CCCNc1nc(Nc2ccc3nnccc3c2)ncc1C(=O)Nc1cccc(NC(=O)[C@H](C)N(C)C(=O)OC(C)(C)C)c1.CCCNc1nc(Nc2ccc3nnccc3c2)ncc1C(=O)O. The summed E-state index contributed by atoms with van der Waals surface area (Å²) in [5, 5.41) is 45.0. The van der Waals surface area contributed by atoms with Crippen molar-refractivity contribution >= 4 is 92.0 Å². The van der Waals surface area contributed by atoms with Gasteiger partial charge >= 0.3 is 12.1 Å². The van der Waals surface area contributed by atoms with E-state index in [2.05, 4.69) is 72.2 Å². The van der Waals surface area contributed by atoms with Crippen LogP contribution in [-0.2, 0) is 9.53 Å². The topological polar surface area (TPSA) is 276 Å². The molecular weight excluding hydrogens is 895 g/mol. The van der Waals surface area contributed by atoms with Crippen LogP contribution in [0.1, 0.15) is 90.0 Å². The molecule has 0 aliphatic heterocycles. The fourth-order valence-electron chi connectivity index (χ4n) is 6.14. The van der Waals surface area contributed by atoms with E-state index in [0.29, 0.717) is 48.0 Å². The number of ether oxygens (including phenoxy) is 1. The van der Waals surface area contributed by atoms with Crippen molar-refractivity contribution in [1.82, 2.24) is 45.2 Å². The van der Waals surface area contributed by atoms with Gasteiger partial charge in [0.2, 0.25) is 17.8 Å². The number of hydrogen-bond donors (Lipinski definition) is 7. The fourth-order valence-corrected chi connectivity index (χ4v) is 6.14. The summed E-state index contributed by atoms with van der Waals surface area (Å²) in [7, 11) is 1.50. The van der Waals surface area contributed by atoms with Crippen molar-refractivity contribution in [3.05, 3.63) is 109 Å². The Morgan fingerprint density at radius 3 is 1.69 bits per heavy atom. The molecule has 4 aromatic heterocycles. The van der Waals surface area contributed by atoms with Crippen molar-refractivity contribution < 1.29 is 29.0 Å². The monoisotopic (exact) mass is 955 g/mol. The van der Waals surface area contributed by atoms with Gasteiger partial charge in [0, 0.05) is 66.1 Å². The zero-order valence-electron chi connectivity index (χ0n) is 38.7. The van der Waals surface area contributed by atoms with Gasteiger partial charge in [0.05, 0.1) is 23.4 Å². The lowest BCUT2D eigenvalue weighted by Gasteiger charge is -2.28. The first kappa shape index (κ1) is 54.0. The molecule has 3 amide bonds. The predicted octanol–water partition coefficient (Wildman–Crippen LogP) is 9.39. The van der Waals surface area contributed by atoms with Crippen molar-refractivity contribution in [1.29, 1.82) is 0 Å². The first-order chi connectivity index (χ1) is 32.6. The molecule has 7 N–H and O–H groups in total. The number of hydrogen-bond acceptors (Lipinski definition) is 17. The highest BCUT2D eigenvalue weighted by Crippen LogP contribution is 2.24. The molecule has 3 aromatic carbocycles. The number of aromatic nitrogens is 8. The van der Waals surface area contributed by atoms with Crippen molar-refractivity contribution in [3.8, 4) is 0 Å². The highest BCUT2D eigenvalue weighted by molar-refractivity contribution is 6.08. The highest BCUT2D eigenvalue weighted by Gasteiger charge is 2.27. The van der Waals surface area contributed by atoms with Gasteiger partial charge in [0.1, 0.15) is 34.4 Å². The zero-order chi connectivity index (χ0) is 48.8. The van der Waals surface area contributed by atoms with E-state index < -0.39 is 35.5 Å². The van der Waals surface area contributed by atoms with E-state index in [9.17, 15) is 24.3 Å². The molecule has 0 bridgehead atoms. The molecule has 21 nitrogen and oxygen atoms in total. The zero-order valence-corrected chi connectivity index (χ0v) is 38.7. The number of nitrogens with zero attached hydrogens (tertiary/aromatic N) is 9. The third-order valence-electron chi connectivity index (χ3n) is 9.71. The van der Waals surface area contributed by atoms with Crippen LogP contribution in [0.15, 0.2) is 97.6 Å². The van der Waals surface area contributed by atoms with E-state index in [1.807, 2.05) is 62.4 Å². The van der Waals surface area contributed by atoms with Crippen molar-refractivity contribution in [2.75, 3.05) is 52.0 Å². The summed E-state index contributed by atoms with van der Waals surface area (Å²) in [5.41, 5.74) is 3.59. The normalized spacial score (nSPS) is 11.0. The molecule has 7 aromatic rings. The number of fused-ring (bicyclic) bond motifs is 2. The van der Waals surface area contributed by atoms with Crippen molar-refractivity contribution in [2.24, 2.45) is 0 Å². The maximum absolute atomic E-state index is 13.3. The summed E-state index contributed by atoms with van der Waals surface area (Å²) >= 11 is 0. The summed E-state index contributed by atoms with van der Waals surface area (Å²) in [5.74, 6) is -0.601. The number of carboxylic acids is 1. The fraction of sp³-hybridized carbons (Fsp3) is 0.306. The third kappa shape index (κ3) is 14.9. The van der Waals surface area contributed by atoms with Crippen LogP contribution in [0, 0.1) is 0 Å². The molecule has 0 fully saturated rings. The molecule has 0 unspecified atom stereocenters. The van der Waals surface area contributed by atoms with Gasteiger partial charge in [-0.2, -0.15) is 30.4 Å². The van der Waals surface area contributed by atoms with Crippen molar-refractivity contribution in [3.63, 3.8) is 0 Å². The number of nitrogens with one attached hydrogen (secondary N) is 6. The molecule has 21 heteroatoms. The standard InChI is InChI=1S/C31H37N9O4.C16H16N6O2.2CH4/c1-7-14-32-26-24(18-33-29(38-26)37-23-11-12-25-20(16-23)13-15-34-39-25)28(42)36-22-10-8-9-21(17-22)35-27(41)19(2)40(6)30(43)44-31(3,4)5;1-2-6-17-14-12(15(23)24)9-18-16(21-14)20-11-3-4-13-10(8-11)5-7-19-22-13;;/h8-13,15-19H,7,14H2,1-6H3,(H,35,41)(H,36,42)(H2,32,33,37,38);3-5,7-9H,2,6H2,1H3,(H,23,24)(H2,17,18,20,21);2*1H4/t19-;;;/m0.../s1. The molecule has 0 saturated carbocycles. The second-order valence-electron chi connectivity index (χ2n) is 16.2. The first-order valence-electron chi connectivity index (χ1n) is 21.7. The minimum atomic E-state index is -1.07. The number of carbonyl (C=O) groups excluding carboxylic acids is 3. The molecule has 4 heterocycles. The van der Waals surface area contributed by atoms with Gasteiger partial charge in [-0.25, -0.2) is 19.6 Å². The summed E-state index contributed by atoms with van der Waals surface area (Å²) in [4.78, 5) is 68.3. The number of amides is 3. The van der Waals surface area contributed by atoms with Crippen LogP contribution in [0.2, 0.25) is 0 Å². The van der Waals surface area contributed by atoms with Crippen LogP contribution in [0.3, 0.4) is 0 Å². The Morgan fingerprint density at radius 2 is 1.19 bits per heavy atom. The molecule has 0 spiro atoms. The highest BCUT2D eigenvalue weighted by atomic mass is 16.6. The molecule has 70 heavy (non-hydrogen) atoms. The summed E-state index contributed by atoms with van der Waals surface area (Å²) in [6, 6.07) is 20.8. The third-order valence-corrected chi connectivity index (χ3v) is 9.71. The summed E-state index contributed by atoms with van der Waals surface area (Å²) in [6.07, 6.45) is 7.07. The Balaban J connectivity index is 0.000000346. The number of benzene rings is 3. The molecule has 7 rings (SSSR count). The average molecular weight is 956 g/mol. The van der Waals surface area contributed by atoms with Crippen LogP contribution in [-0.4, -0.2) is 106 Å². The first-order valence-corrected chi connectivity index (χ1v) is 21.7. The van der Waals surface area contributed by atoms with E-state index >= 15 is 0 Å². The lowest BCUT2D eigenvalue weighted by molar-refractivity contribution is -0.120. The molecule has 0 aliphatic carbocycles. The Hall–Kier alpha value is -8.62. The van der Waals surface area contributed by atoms with Gasteiger partial charge in [-0.1, -0.05) is 34.8 Å². The largest absolute Gasteiger partial charge is 0.477 e. The van der Waals surface area contributed by atoms with Crippen LogP contribution in [0.25, 0.3) is 21.8 Å². The van der Waals surface area contributed by atoms with Gasteiger partial charge in [0.15, 0.2) is 0 Å². The Kier molecular flexibility index (Phi) is 19.2. The quantitative estimate of drug-likeness (QED) is 0.0475. The second-order valence-corrected chi connectivity index (χ2v) is 16.2. The van der Waals surface area contributed by atoms with Gasteiger partial charge in [-0.05, 0) is 107 Å². The van der Waals surface area contributed by atoms with Gasteiger partial charge < -0.3 is 41.7 Å². The maximum atomic E-state index is 13.3. The van der Waals surface area contributed by atoms with E-state index in [1.165, 1.54) is 24.3 Å². The summed E-state index contributed by atoms with van der Waals surface area (Å²) in [6.45, 7) is 12.1. The average Bonchev–Trinajstić information content (AvgIpc) is 3.31. The maximum Gasteiger partial charge on any atom is 0.410 e. The lowest BCUT2D eigenvalue weighted by Crippen LogP contribution is -2.45. The number of carboxylic acid groups (broad SMARTS) is 1. The van der Waals surface area contributed by atoms with Crippen LogP contribution in [0.5, 0.6) is 0 Å². The number of anilines is 8.